The minimum absolute atomic E-state index is 0.210. The van der Waals surface area contributed by atoms with Crippen molar-refractivity contribution in [2.24, 2.45) is 0 Å². The highest BCUT2D eigenvalue weighted by Crippen LogP contribution is 2.36. The number of nitro groups is 1. The van der Waals surface area contributed by atoms with Crippen LogP contribution in [0.25, 0.3) is 11.2 Å². The van der Waals surface area contributed by atoms with Gasteiger partial charge in [0.2, 0.25) is 0 Å². The lowest BCUT2D eigenvalue weighted by Gasteiger charge is -2.23. The van der Waals surface area contributed by atoms with Gasteiger partial charge in [-0.05, 0) is 0 Å². The Bertz CT molecular complexity index is 1000. The molecule has 1 saturated heterocycles. The SMILES string of the molecule is CC(=O)OC[C@H]1O[C@@H](n2cnc3cc([N+](=O)[O-])cnc32)[C@H](OC(C)=O)[C@@H]1OC(C)=O. The Labute approximate surface area is 169 Å². The van der Waals surface area contributed by atoms with Crippen LogP contribution in [0.2, 0.25) is 0 Å². The van der Waals surface area contributed by atoms with Crippen LogP contribution in [0.5, 0.6) is 0 Å². The van der Waals surface area contributed by atoms with Crippen molar-refractivity contribution in [2.75, 3.05) is 6.61 Å². The van der Waals surface area contributed by atoms with Crippen LogP contribution < -0.4 is 0 Å². The standard InChI is InChI=1S/C17H18N4O9/c1-8(22)27-6-13-14(28-9(2)23)15(29-10(3)24)17(30-13)20-7-19-12-4-11(21(25)26)5-18-16(12)20/h4-5,7,13-15,17H,6H2,1-3H3/t13-,14-,15-,17-/m1/s1. The first kappa shape index (κ1) is 21.1. The van der Waals surface area contributed by atoms with E-state index in [0.29, 0.717) is 0 Å². The Hall–Kier alpha value is -3.61. The second kappa shape index (κ2) is 8.41. The Kier molecular flexibility index (Phi) is 5.91. The van der Waals surface area contributed by atoms with Gasteiger partial charge in [-0.3, -0.25) is 29.1 Å². The second-order valence-electron chi connectivity index (χ2n) is 6.46. The predicted octanol–water partition coefficient (Wildman–Crippen LogP) is 0.663. The average molecular weight is 422 g/mol. The predicted molar refractivity (Wildman–Crippen MR) is 95.8 cm³/mol. The van der Waals surface area contributed by atoms with Gasteiger partial charge in [0.25, 0.3) is 5.69 Å². The van der Waals surface area contributed by atoms with Crippen LogP contribution in [0.4, 0.5) is 5.69 Å². The van der Waals surface area contributed by atoms with E-state index in [2.05, 4.69) is 9.97 Å². The maximum atomic E-state index is 11.7. The molecule has 1 fully saturated rings. The Morgan fingerprint density at radius 3 is 2.40 bits per heavy atom. The second-order valence-corrected chi connectivity index (χ2v) is 6.46. The maximum absolute atomic E-state index is 11.7. The van der Waals surface area contributed by atoms with Crippen molar-refractivity contribution < 1.29 is 38.3 Å². The molecule has 0 saturated carbocycles. The van der Waals surface area contributed by atoms with Crippen LogP contribution in [-0.4, -0.2) is 62.3 Å². The van der Waals surface area contributed by atoms with Gasteiger partial charge in [0.1, 0.15) is 24.4 Å². The smallest absolute Gasteiger partial charge is 0.303 e. The van der Waals surface area contributed by atoms with E-state index < -0.39 is 47.4 Å². The molecule has 1 aliphatic heterocycles. The average Bonchev–Trinajstić information content (AvgIpc) is 3.20. The van der Waals surface area contributed by atoms with Crippen LogP contribution in [-0.2, 0) is 33.3 Å². The molecule has 0 unspecified atom stereocenters. The molecule has 0 aliphatic carbocycles. The van der Waals surface area contributed by atoms with Crippen LogP contribution >= 0.6 is 0 Å². The summed E-state index contributed by atoms with van der Waals surface area (Å²) in [4.78, 5) is 53.0. The lowest BCUT2D eigenvalue weighted by molar-refractivity contribution is -0.385. The number of carbonyl (C=O) groups excluding carboxylic acids is 3. The molecule has 0 radical (unpaired) electrons. The summed E-state index contributed by atoms with van der Waals surface area (Å²) in [6.07, 6.45) is -1.81. The Morgan fingerprint density at radius 2 is 1.80 bits per heavy atom. The molecule has 13 heteroatoms. The molecule has 3 heterocycles. The zero-order valence-electron chi connectivity index (χ0n) is 16.2. The van der Waals surface area contributed by atoms with Crippen molar-refractivity contribution in [2.45, 2.75) is 45.3 Å². The molecular weight excluding hydrogens is 404 g/mol. The number of imidazole rings is 1. The normalized spacial score (nSPS) is 23.2. The fourth-order valence-corrected chi connectivity index (χ4v) is 3.11. The molecule has 30 heavy (non-hydrogen) atoms. The van der Waals surface area contributed by atoms with E-state index in [1.165, 1.54) is 37.7 Å². The third kappa shape index (κ3) is 4.35. The molecule has 0 amide bonds. The van der Waals surface area contributed by atoms with Gasteiger partial charge < -0.3 is 18.9 Å². The van der Waals surface area contributed by atoms with Gasteiger partial charge in [0.15, 0.2) is 24.1 Å². The monoisotopic (exact) mass is 422 g/mol. The van der Waals surface area contributed by atoms with Crippen molar-refractivity contribution in [3.05, 3.63) is 28.7 Å². The van der Waals surface area contributed by atoms with Gasteiger partial charge in [0, 0.05) is 26.8 Å². The van der Waals surface area contributed by atoms with Crippen LogP contribution in [0.3, 0.4) is 0 Å². The van der Waals surface area contributed by atoms with E-state index in [1.54, 1.807) is 0 Å². The van der Waals surface area contributed by atoms with E-state index in [4.69, 9.17) is 18.9 Å². The highest BCUT2D eigenvalue weighted by atomic mass is 16.7. The number of ether oxygens (including phenoxy) is 4. The summed E-state index contributed by atoms with van der Waals surface area (Å²) in [7, 11) is 0. The summed E-state index contributed by atoms with van der Waals surface area (Å²) in [5.41, 5.74) is 0.182. The molecule has 2 aromatic rings. The van der Waals surface area contributed by atoms with E-state index >= 15 is 0 Å². The van der Waals surface area contributed by atoms with Crippen molar-refractivity contribution in [3.63, 3.8) is 0 Å². The lowest BCUT2D eigenvalue weighted by Crippen LogP contribution is -2.40. The van der Waals surface area contributed by atoms with Crippen molar-refractivity contribution in [1.29, 1.82) is 0 Å². The van der Waals surface area contributed by atoms with Gasteiger partial charge >= 0.3 is 17.9 Å². The third-order valence-corrected chi connectivity index (χ3v) is 4.22. The lowest BCUT2D eigenvalue weighted by atomic mass is 10.1. The summed E-state index contributed by atoms with van der Waals surface area (Å²) >= 11 is 0. The van der Waals surface area contributed by atoms with Crippen molar-refractivity contribution >= 4 is 34.8 Å². The van der Waals surface area contributed by atoms with Gasteiger partial charge in [-0.25, -0.2) is 9.97 Å². The molecule has 13 nitrogen and oxygen atoms in total. The number of hydrogen-bond donors (Lipinski definition) is 0. The number of hydrogen-bond acceptors (Lipinski definition) is 11. The molecule has 2 aromatic heterocycles. The van der Waals surface area contributed by atoms with E-state index in [0.717, 1.165) is 6.20 Å². The van der Waals surface area contributed by atoms with Gasteiger partial charge in [-0.2, -0.15) is 0 Å². The highest BCUT2D eigenvalue weighted by Gasteiger charge is 2.51. The number of pyridine rings is 1. The summed E-state index contributed by atoms with van der Waals surface area (Å²) in [6, 6.07) is 1.23. The fraction of sp³-hybridized carbons (Fsp3) is 0.471. The molecule has 1 aliphatic rings. The van der Waals surface area contributed by atoms with Crippen LogP contribution in [0.1, 0.15) is 27.0 Å². The Balaban J connectivity index is 2.01. The zero-order valence-corrected chi connectivity index (χ0v) is 16.2. The minimum atomic E-state index is -1.11. The molecule has 0 bridgehead atoms. The molecular formula is C17H18N4O9. The van der Waals surface area contributed by atoms with Crippen molar-refractivity contribution in [3.8, 4) is 0 Å². The molecule has 4 atom stereocenters. The van der Waals surface area contributed by atoms with Crippen LogP contribution in [0.15, 0.2) is 18.6 Å². The summed E-state index contributed by atoms with van der Waals surface area (Å²) in [5.74, 6) is -1.89. The molecule has 3 rings (SSSR count). The summed E-state index contributed by atoms with van der Waals surface area (Å²) in [5, 5.41) is 11.0. The van der Waals surface area contributed by atoms with Gasteiger partial charge in [-0.1, -0.05) is 0 Å². The van der Waals surface area contributed by atoms with Gasteiger partial charge in [0.05, 0.1) is 11.3 Å². The van der Waals surface area contributed by atoms with E-state index in [1.807, 2.05) is 0 Å². The zero-order chi connectivity index (χ0) is 22.0. The van der Waals surface area contributed by atoms with E-state index in [9.17, 15) is 24.5 Å². The van der Waals surface area contributed by atoms with Crippen LogP contribution in [0, 0.1) is 10.1 Å². The van der Waals surface area contributed by atoms with Crippen molar-refractivity contribution in [1.82, 2.24) is 14.5 Å². The quantitative estimate of drug-likeness (QED) is 0.278. The highest BCUT2D eigenvalue weighted by molar-refractivity contribution is 5.73. The van der Waals surface area contributed by atoms with Gasteiger partial charge in [-0.15, -0.1) is 0 Å². The first-order valence-electron chi connectivity index (χ1n) is 8.77. The number of esters is 3. The number of nitrogens with zero attached hydrogens (tertiary/aromatic N) is 4. The topological polar surface area (TPSA) is 162 Å². The molecule has 0 spiro atoms. The first-order valence-corrected chi connectivity index (χ1v) is 8.77. The maximum Gasteiger partial charge on any atom is 0.303 e. The molecule has 160 valence electrons. The molecule has 0 aromatic carbocycles. The number of carbonyl (C=O) groups is 3. The first-order chi connectivity index (χ1) is 14.2. The third-order valence-electron chi connectivity index (χ3n) is 4.22. The Morgan fingerprint density at radius 1 is 1.13 bits per heavy atom. The number of fused-ring (bicyclic) bond motifs is 1. The van der Waals surface area contributed by atoms with E-state index in [-0.39, 0.29) is 23.5 Å². The largest absolute Gasteiger partial charge is 0.463 e. The minimum Gasteiger partial charge on any atom is -0.463 e. The number of rotatable bonds is 6. The fourth-order valence-electron chi connectivity index (χ4n) is 3.11. The summed E-state index contributed by atoms with van der Waals surface area (Å²) in [6.45, 7) is 3.30. The molecule has 0 N–H and O–H groups in total. The number of aromatic nitrogens is 3. The summed E-state index contributed by atoms with van der Waals surface area (Å²) < 4.78 is 22.9.